The lowest BCUT2D eigenvalue weighted by molar-refractivity contribution is -0.128. The molecule has 1 aromatic rings. The summed E-state index contributed by atoms with van der Waals surface area (Å²) in [4.78, 5) is 30.0. The van der Waals surface area contributed by atoms with E-state index in [0.717, 1.165) is 42.9 Å². The van der Waals surface area contributed by atoms with Gasteiger partial charge in [-0.05, 0) is 117 Å². The number of phenols is 1. The number of Topliss-reactive ketones (excluding diaryl/α,β-unsaturated/α-hetero) is 1. The molecule has 5 rings (SSSR count). The first-order valence-corrected chi connectivity index (χ1v) is 14.2. The number of benzene rings is 1. The molecule has 0 radical (unpaired) electrons. The Morgan fingerprint density at radius 1 is 1.05 bits per heavy atom. The maximum Gasteiger partial charge on any atom is 0.260 e. The minimum absolute atomic E-state index is 0.0816. The maximum absolute atomic E-state index is 12.4. The van der Waals surface area contributed by atoms with Gasteiger partial charge in [-0.25, -0.2) is 0 Å². The van der Waals surface area contributed by atoms with E-state index in [1.807, 2.05) is 12.1 Å². The number of hydrogen-bond donors (Lipinski definition) is 2. The number of amides is 1. The molecule has 0 aliphatic heterocycles. The van der Waals surface area contributed by atoms with E-state index in [2.05, 4.69) is 30.4 Å². The quantitative estimate of drug-likeness (QED) is 0.472. The molecule has 0 saturated heterocycles. The number of allylic oxidation sites excluding steroid dienone is 2. The Hall–Kier alpha value is -2.63. The maximum atomic E-state index is 12.4. The molecular formula is C31H42N2O4. The van der Waals surface area contributed by atoms with Gasteiger partial charge in [0, 0.05) is 12.5 Å². The normalized spacial score (nSPS) is 35.6. The molecule has 3 fully saturated rings. The Kier molecular flexibility index (Phi) is 7.21. The average Bonchev–Trinajstić information content (AvgIpc) is 3.23. The molecule has 2 N–H and O–H groups in total. The number of ketones is 1. The first-order chi connectivity index (χ1) is 17.7. The van der Waals surface area contributed by atoms with E-state index >= 15 is 0 Å². The molecule has 1 aromatic carbocycles. The summed E-state index contributed by atoms with van der Waals surface area (Å²) in [6.45, 7) is 7.12. The topological polar surface area (TPSA) is 88.0 Å². The van der Waals surface area contributed by atoms with Crippen molar-refractivity contribution in [3.8, 4) is 5.75 Å². The van der Waals surface area contributed by atoms with Crippen molar-refractivity contribution in [2.45, 2.75) is 78.6 Å². The first-order valence-electron chi connectivity index (χ1n) is 14.2. The van der Waals surface area contributed by atoms with Crippen LogP contribution in [0.3, 0.4) is 0 Å². The van der Waals surface area contributed by atoms with Gasteiger partial charge < -0.3 is 15.3 Å². The fourth-order valence-electron chi connectivity index (χ4n) is 8.54. The number of fused-ring (bicyclic) bond motifs is 5. The standard InChI is InChI=1S/C31H42N2O4/c1-20(34)26-10-11-27-25-9-6-22-18-23(12-15-30(22,2)28(25)13-16-31(26,27)3)33-37-19-29(36)32-17-14-21-4-7-24(35)8-5-21/h4-5,7-8,18,25-28,35H,6,9-17,19H2,1-3H3,(H,32,36)/b33-23-/t25-,26+,27-,28-,30-,31+/m0/s1. The summed E-state index contributed by atoms with van der Waals surface area (Å²) in [6.07, 6.45) is 11.9. The molecule has 200 valence electrons. The van der Waals surface area contributed by atoms with Crippen molar-refractivity contribution in [2.75, 3.05) is 13.2 Å². The van der Waals surface area contributed by atoms with Crippen molar-refractivity contribution in [3.05, 3.63) is 41.5 Å². The molecular weight excluding hydrogens is 464 g/mol. The predicted octanol–water partition coefficient (Wildman–Crippen LogP) is 5.59. The molecule has 37 heavy (non-hydrogen) atoms. The third kappa shape index (κ3) is 4.96. The summed E-state index contributed by atoms with van der Waals surface area (Å²) in [5.41, 5.74) is 3.92. The number of rotatable bonds is 7. The lowest BCUT2D eigenvalue weighted by atomic mass is 9.46. The lowest BCUT2D eigenvalue weighted by Gasteiger charge is -2.58. The van der Waals surface area contributed by atoms with Crippen LogP contribution in [0.25, 0.3) is 0 Å². The second-order valence-corrected chi connectivity index (χ2v) is 12.4. The van der Waals surface area contributed by atoms with Crippen molar-refractivity contribution in [2.24, 2.45) is 39.7 Å². The molecule has 0 unspecified atom stereocenters. The number of phenolic OH excluding ortho intramolecular Hbond substituents is 1. The van der Waals surface area contributed by atoms with Crippen molar-refractivity contribution in [1.29, 1.82) is 0 Å². The number of nitrogens with one attached hydrogen (secondary N) is 1. The third-order valence-corrected chi connectivity index (χ3v) is 10.5. The summed E-state index contributed by atoms with van der Waals surface area (Å²) >= 11 is 0. The van der Waals surface area contributed by atoms with Gasteiger partial charge in [-0.2, -0.15) is 0 Å². The van der Waals surface area contributed by atoms with Gasteiger partial charge in [-0.1, -0.05) is 36.7 Å². The van der Waals surface area contributed by atoms with E-state index in [9.17, 15) is 14.7 Å². The molecule has 6 heteroatoms. The van der Waals surface area contributed by atoms with Crippen molar-refractivity contribution < 1.29 is 19.5 Å². The summed E-state index contributed by atoms with van der Waals surface area (Å²) in [6, 6.07) is 7.00. The fraction of sp³-hybridized carbons (Fsp3) is 0.645. The minimum atomic E-state index is -0.178. The van der Waals surface area contributed by atoms with Gasteiger partial charge in [0.05, 0.1) is 5.71 Å². The number of nitrogens with zero attached hydrogens (tertiary/aromatic N) is 1. The van der Waals surface area contributed by atoms with Gasteiger partial charge in [0.15, 0.2) is 6.61 Å². The fourth-order valence-corrected chi connectivity index (χ4v) is 8.54. The highest BCUT2D eigenvalue weighted by Gasteiger charge is 2.59. The van der Waals surface area contributed by atoms with E-state index in [-0.39, 0.29) is 35.0 Å². The summed E-state index contributed by atoms with van der Waals surface area (Å²) in [5.74, 6) is 2.83. The summed E-state index contributed by atoms with van der Waals surface area (Å²) < 4.78 is 0. The number of oxime groups is 1. The molecule has 4 aliphatic rings. The predicted molar refractivity (Wildman–Crippen MR) is 144 cm³/mol. The van der Waals surface area contributed by atoms with Gasteiger partial charge >= 0.3 is 0 Å². The Bertz CT molecular complexity index is 1090. The van der Waals surface area contributed by atoms with Crippen LogP contribution in [0, 0.1) is 34.5 Å². The molecule has 6 nitrogen and oxygen atoms in total. The van der Waals surface area contributed by atoms with Gasteiger partial charge in [0.2, 0.25) is 0 Å². The van der Waals surface area contributed by atoms with Crippen LogP contribution in [-0.4, -0.2) is 35.7 Å². The van der Waals surface area contributed by atoms with Crippen molar-refractivity contribution in [3.63, 3.8) is 0 Å². The van der Waals surface area contributed by atoms with E-state index in [1.54, 1.807) is 19.1 Å². The van der Waals surface area contributed by atoms with Crippen LogP contribution >= 0.6 is 0 Å². The molecule has 1 amide bonds. The zero-order chi connectivity index (χ0) is 26.2. The third-order valence-electron chi connectivity index (χ3n) is 10.5. The molecule has 0 aromatic heterocycles. The number of aromatic hydroxyl groups is 1. The zero-order valence-corrected chi connectivity index (χ0v) is 22.6. The van der Waals surface area contributed by atoms with Gasteiger partial charge in [-0.3, -0.25) is 9.59 Å². The van der Waals surface area contributed by atoms with Gasteiger partial charge in [0.1, 0.15) is 11.5 Å². The average molecular weight is 507 g/mol. The highest BCUT2D eigenvalue weighted by atomic mass is 16.6. The zero-order valence-electron chi connectivity index (χ0n) is 22.6. The SMILES string of the molecule is CC(=O)[C@H]1CC[C@H]2[C@@H]3CCC4=C/C(=N\OCC(=O)NCCc5ccc(O)cc5)CC[C@]4(C)[C@H]3CC[C@]12C. The number of carbonyl (C=O) groups excluding carboxylic acids is 2. The van der Waals surface area contributed by atoms with Crippen LogP contribution in [-0.2, 0) is 20.8 Å². The van der Waals surface area contributed by atoms with E-state index in [1.165, 1.54) is 31.3 Å². The van der Waals surface area contributed by atoms with E-state index in [0.29, 0.717) is 30.6 Å². The highest BCUT2D eigenvalue weighted by molar-refractivity contribution is 5.96. The number of carbonyl (C=O) groups is 2. The van der Waals surface area contributed by atoms with Crippen molar-refractivity contribution >= 4 is 17.4 Å². The van der Waals surface area contributed by atoms with Crippen molar-refractivity contribution in [1.82, 2.24) is 5.32 Å². The first kappa shape index (κ1) is 26.0. The van der Waals surface area contributed by atoms with Crippen LogP contribution in [0.5, 0.6) is 5.75 Å². The molecule has 0 heterocycles. The Morgan fingerprint density at radius 3 is 2.59 bits per heavy atom. The van der Waals surface area contributed by atoms with Crippen LogP contribution in [0.15, 0.2) is 41.1 Å². The smallest absolute Gasteiger partial charge is 0.260 e. The summed E-state index contributed by atoms with van der Waals surface area (Å²) in [7, 11) is 0. The Balaban J connectivity index is 1.15. The van der Waals surface area contributed by atoms with Gasteiger partial charge in [0.25, 0.3) is 5.91 Å². The monoisotopic (exact) mass is 506 g/mol. The van der Waals surface area contributed by atoms with Crippen LogP contribution in [0.2, 0.25) is 0 Å². The largest absolute Gasteiger partial charge is 0.508 e. The van der Waals surface area contributed by atoms with Crippen LogP contribution < -0.4 is 5.32 Å². The number of hydrogen-bond acceptors (Lipinski definition) is 5. The van der Waals surface area contributed by atoms with E-state index in [4.69, 9.17) is 4.84 Å². The molecule has 6 atom stereocenters. The Labute approximate surface area is 220 Å². The lowest BCUT2D eigenvalue weighted by Crippen LogP contribution is -2.51. The van der Waals surface area contributed by atoms with Crippen LogP contribution in [0.4, 0.5) is 0 Å². The van der Waals surface area contributed by atoms with Crippen LogP contribution in [0.1, 0.15) is 77.7 Å². The molecule has 4 aliphatic carbocycles. The second-order valence-electron chi connectivity index (χ2n) is 12.4. The minimum Gasteiger partial charge on any atom is -0.508 e. The van der Waals surface area contributed by atoms with Gasteiger partial charge in [-0.15, -0.1) is 0 Å². The highest BCUT2D eigenvalue weighted by Crippen LogP contribution is 2.66. The summed E-state index contributed by atoms with van der Waals surface area (Å²) in [5, 5.41) is 16.6. The molecule has 0 spiro atoms. The molecule has 3 saturated carbocycles. The Morgan fingerprint density at radius 2 is 1.84 bits per heavy atom. The molecule has 0 bridgehead atoms. The van der Waals surface area contributed by atoms with E-state index < -0.39 is 0 Å². The second kappa shape index (κ2) is 10.3.